The SMILES string of the molecule is O=C(C=Cc1ccco1)NC(=S)N1CCNC(=O)C1CC(=O)OC1CCCCC1. The van der Waals surface area contributed by atoms with E-state index in [2.05, 4.69) is 10.6 Å². The average molecular weight is 420 g/mol. The van der Waals surface area contributed by atoms with Crippen molar-refractivity contribution >= 4 is 41.2 Å². The number of piperazine rings is 1. The summed E-state index contributed by atoms with van der Waals surface area (Å²) in [5.41, 5.74) is 0. The van der Waals surface area contributed by atoms with Crippen molar-refractivity contribution < 1.29 is 23.5 Å². The molecule has 1 saturated carbocycles. The number of carbonyl (C=O) groups excluding carboxylic acids is 3. The first-order chi connectivity index (χ1) is 14.0. The first kappa shape index (κ1) is 21.0. The van der Waals surface area contributed by atoms with Crippen molar-refractivity contribution in [2.24, 2.45) is 0 Å². The van der Waals surface area contributed by atoms with E-state index in [1.54, 1.807) is 17.0 Å². The average Bonchev–Trinajstić information content (AvgIpc) is 3.22. The zero-order valence-electron chi connectivity index (χ0n) is 16.1. The Balaban J connectivity index is 1.56. The summed E-state index contributed by atoms with van der Waals surface area (Å²) in [7, 11) is 0. The van der Waals surface area contributed by atoms with Crippen LogP contribution in [-0.2, 0) is 19.1 Å². The van der Waals surface area contributed by atoms with Crippen LogP contribution in [0.4, 0.5) is 0 Å². The molecule has 3 rings (SSSR count). The van der Waals surface area contributed by atoms with Gasteiger partial charge >= 0.3 is 5.97 Å². The number of rotatable bonds is 5. The minimum atomic E-state index is -0.804. The van der Waals surface area contributed by atoms with E-state index in [4.69, 9.17) is 21.4 Å². The van der Waals surface area contributed by atoms with E-state index in [-0.39, 0.29) is 23.5 Å². The highest BCUT2D eigenvalue weighted by molar-refractivity contribution is 7.80. The number of esters is 1. The van der Waals surface area contributed by atoms with Crippen LogP contribution in [0.15, 0.2) is 28.9 Å². The number of hydrogen-bond donors (Lipinski definition) is 2. The lowest BCUT2D eigenvalue weighted by Gasteiger charge is -2.36. The molecule has 1 unspecified atom stereocenters. The summed E-state index contributed by atoms with van der Waals surface area (Å²) in [6.07, 6.45) is 9.12. The zero-order chi connectivity index (χ0) is 20.6. The third-order valence-corrected chi connectivity index (χ3v) is 5.31. The molecule has 1 aromatic rings. The lowest BCUT2D eigenvalue weighted by atomic mass is 9.98. The van der Waals surface area contributed by atoms with Crippen LogP contribution in [0.25, 0.3) is 6.08 Å². The van der Waals surface area contributed by atoms with E-state index in [1.807, 2.05) is 0 Å². The molecule has 2 N–H and O–H groups in total. The quantitative estimate of drug-likeness (QED) is 0.426. The lowest BCUT2D eigenvalue weighted by Crippen LogP contribution is -2.60. The van der Waals surface area contributed by atoms with Crippen molar-refractivity contribution in [3.05, 3.63) is 30.2 Å². The molecule has 2 fully saturated rings. The Kier molecular flexibility index (Phi) is 7.40. The Morgan fingerprint density at radius 1 is 1.34 bits per heavy atom. The third-order valence-electron chi connectivity index (χ3n) is 4.97. The van der Waals surface area contributed by atoms with E-state index in [0.717, 1.165) is 32.1 Å². The predicted octanol–water partition coefficient (Wildman–Crippen LogP) is 1.76. The minimum absolute atomic E-state index is 0.0743. The fourth-order valence-corrected chi connectivity index (χ4v) is 3.82. The molecule has 1 aliphatic carbocycles. The van der Waals surface area contributed by atoms with Crippen molar-refractivity contribution in [1.82, 2.24) is 15.5 Å². The Morgan fingerprint density at radius 2 is 2.14 bits per heavy atom. The van der Waals surface area contributed by atoms with Gasteiger partial charge in [0, 0.05) is 19.2 Å². The molecule has 2 aliphatic rings. The number of carbonyl (C=O) groups is 3. The molecule has 29 heavy (non-hydrogen) atoms. The van der Waals surface area contributed by atoms with E-state index in [0.29, 0.717) is 18.8 Å². The lowest BCUT2D eigenvalue weighted by molar-refractivity contribution is -0.153. The number of ether oxygens (including phenoxy) is 1. The maximum absolute atomic E-state index is 12.4. The van der Waals surface area contributed by atoms with Gasteiger partial charge in [0.2, 0.25) is 11.8 Å². The molecule has 1 atom stereocenters. The number of nitrogens with one attached hydrogen (secondary N) is 2. The van der Waals surface area contributed by atoms with Crippen molar-refractivity contribution in [2.45, 2.75) is 50.7 Å². The highest BCUT2D eigenvalue weighted by Crippen LogP contribution is 2.21. The van der Waals surface area contributed by atoms with Gasteiger partial charge in [-0.1, -0.05) is 6.42 Å². The van der Waals surface area contributed by atoms with Gasteiger partial charge < -0.3 is 19.4 Å². The van der Waals surface area contributed by atoms with Crippen LogP contribution >= 0.6 is 12.2 Å². The predicted molar refractivity (Wildman–Crippen MR) is 110 cm³/mol. The summed E-state index contributed by atoms with van der Waals surface area (Å²) in [4.78, 5) is 38.4. The molecule has 0 spiro atoms. The van der Waals surface area contributed by atoms with Gasteiger partial charge in [0.25, 0.3) is 0 Å². The minimum Gasteiger partial charge on any atom is -0.465 e. The standard InChI is InChI=1S/C20H25N3O5S/c24-17(9-8-14-7-4-12-27-14)22-20(29)23-11-10-21-19(26)16(23)13-18(25)28-15-5-2-1-3-6-15/h4,7-9,12,15-16H,1-3,5-6,10-11,13H2,(H,21,26)(H,22,24,29). The van der Waals surface area contributed by atoms with Gasteiger partial charge in [-0.25, -0.2) is 0 Å². The van der Waals surface area contributed by atoms with Gasteiger partial charge in [0.15, 0.2) is 5.11 Å². The Bertz CT molecular complexity index is 771. The van der Waals surface area contributed by atoms with Crippen LogP contribution in [-0.4, -0.2) is 53.0 Å². The monoisotopic (exact) mass is 419 g/mol. The molecule has 0 aromatic carbocycles. The van der Waals surface area contributed by atoms with Crippen molar-refractivity contribution in [3.63, 3.8) is 0 Å². The molecule has 2 heterocycles. The highest BCUT2D eigenvalue weighted by atomic mass is 32.1. The van der Waals surface area contributed by atoms with Crippen LogP contribution in [0.5, 0.6) is 0 Å². The summed E-state index contributed by atoms with van der Waals surface area (Å²) in [6, 6.07) is 2.62. The fourth-order valence-electron chi connectivity index (χ4n) is 3.50. The van der Waals surface area contributed by atoms with Crippen LogP contribution in [0.1, 0.15) is 44.3 Å². The van der Waals surface area contributed by atoms with Crippen LogP contribution in [0.3, 0.4) is 0 Å². The summed E-state index contributed by atoms with van der Waals surface area (Å²) in [5.74, 6) is -0.636. The third kappa shape index (κ3) is 6.15. The second-order valence-corrected chi connectivity index (χ2v) is 7.48. The van der Waals surface area contributed by atoms with Crippen molar-refractivity contribution in [2.75, 3.05) is 13.1 Å². The van der Waals surface area contributed by atoms with Gasteiger partial charge in [0.05, 0.1) is 12.7 Å². The van der Waals surface area contributed by atoms with Gasteiger partial charge in [-0.15, -0.1) is 0 Å². The number of hydrogen-bond acceptors (Lipinski definition) is 6. The molecule has 0 bridgehead atoms. The molecular weight excluding hydrogens is 394 g/mol. The van der Waals surface area contributed by atoms with E-state index >= 15 is 0 Å². The molecule has 8 nitrogen and oxygen atoms in total. The number of amides is 2. The molecule has 0 radical (unpaired) electrons. The second kappa shape index (κ2) is 10.2. The number of furan rings is 1. The Labute approximate surface area is 174 Å². The molecule has 1 aromatic heterocycles. The van der Waals surface area contributed by atoms with E-state index in [9.17, 15) is 14.4 Å². The van der Waals surface area contributed by atoms with Crippen LogP contribution in [0, 0.1) is 0 Å². The van der Waals surface area contributed by atoms with Crippen molar-refractivity contribution in [1.29, 1.82) is 0 Å². The first-order valence-electron chi connectivity index (χ1n) is 9.83. The molecule has 156 valence electrons. The smallest absolute Gasteiger partial charge is 0.308 e. The topological polar surface area (TPSA) is 101 Å². The summed E-state index contributed by atoms with van der Waals surface area (Å²) >= 11 is 5.31. The van der Waals surface area contributed by atoms with Gasteiger partial charge in [-0.2, -0.15) is 0 Å². The fraction of sp³-hybridized carbons (Fsp3) is 0.500. The molecule has 2 amide bonds. The first-order valence-corrected chi connectivity index (χ1v) is 10.2. The number of nitrogens with zero attached hydrogens (tertiary/aromatic N) is 1. The van der Waals surface area contributed by atoms with Crippen molar-refractivity contribution in [3.8, 4) is 0 Å². The summed E-state index contributed by atoms with van der Waals surface area (Å²) in [6.45, 7) is 0.777. The van der Waals surface area contributed by atoms with E-state index < -0.39 is 17.9 Å². The molecule has 9 heteroatoms. The van der Waals surface area contributed by atoms with E-state index in [1.165, 1.54) is 18.4 Å². The summed E-state index contributed by atoms with van der Waals surface area (Å²) < 4.78 is 10.7. The van der Waals surface area contributed by atoms with Crippen LogP contribution in [0.2, 0.25) is 0 Å². The Hall–Kier alpha value is -2.68. The number of thiocarbonyl (C=S) groups is 1. The maximum Gasteiger partial charge on any atom is 0.308 e. The van der Waals surface area contributed by atoms with Crippen LogP contribution < -0.4 is 10.6 Å². The van der Waals surface area contributed by atoms with Gasteiger partial charge in [0.1, 0.15) is 17.9 Å². The normalized spacial score (nSPS) is 20.3. The largest absolute Gasteiger partial charge is 0.465 e. The second-order valence-electron chi connectivity index (χ2n) is 7.10. The maximum atomic E-state index is 12.4. The van der Waals surface area contributed by atoms with Gasteiger partial charge in [-0.05, 0) is 56.1 Å². The summed E-state index contributed by atoms with van der Waals surface area (Å²) in [5, 5.41) is 5.41. The van der Waals surface area contributed by atoms with Gasteiger partial charge in [-0.3, -0.25) is 19.7 Å². The molecule has 1 saturated heterocycles. The zero-order valence-corrected chi connectivity index (χ0v) is 16.9. The highest BCUT2D eigenvalue weighted by Gasteiger charge is 2.34. The Morgan fingerprint density at radius 3 is 2.86 bits per heavy atom. The molecular formula is C20H25N3O5S. The molecule has 1 aliphatic heterocycles.